The maximum Gasteiger partial charge on any atom is 0.326 e. The van der Waals surface area contributed by atoms with Gasteiger partial charge in [-0.3, -0.25) is 19.7 Å². The molecule has 0 unspecified atom stereocenters. The van der Waals surface area contributed by atoms with Gasteiger partial charge in [-0.05, 0) is 12.1 Å². The Balaban J connectivity index is 3.05. The largest absolute Gasteiger partial charge is 0.480 e. The van der Waals surface area contributed by atoms with E-state index in [1.807, 2.05) is 5.32 Å². The number of aliphatic carboxylic acids is 1. The Morgan fingerprint density at radius 3 is 2.52 bits per heavy atom. The van der Waals surface area contributed by atoms with Crippen molar-refractivity contribution in [1.82, 2.24) is 5.32 Å². The Morgan fingerprint density at radius 2 is 2.05 bits per heavy atom. The first-order chi connectivity index (χ1) is 9.72. The summed E-state index contributed by atoms with van der Waals surface area (Å²) in [4.78, 5) is 43.1. The van der Waals surface area contributed by atoms with Crippen LogP contribution in [0.3, 0.4) is 0 Å². The molecule has 0 spiro atoms. The van der Waals surface area contributed by atoms with Crippen molar-refractivity contribution >= 4 is 23.5 Å². The highest BCUT2D eigenvalue weighted by atomic mass is 19.1. The van der Waals surface area contributed by atoms with E-state index in [0.29, 0.717) is 6.07 Å². The zero-order chi connectivity index (χ0) is 16.2. The van der Waals surface area contributed by atoms with Gasteiger partial charge in [0.1, 0.15) is 17.4 Å². The smallest absolute Gasteiger partial charge is 0.326 e. The predicted molar refractivity (Wildman–Crippen MR) is 65.8 cm³/mol. The van der Waals surface area contributed by atoms with Crippen molar-refractivity contribution in [3.8, 4) is 0 Å². The van der Waals surface area contributed by atoms with Crippen molar-refractivity contribution in [2.24, 2.45) is 5.73 Å². The summed E-state index contributed by atoms with van der Waals surface area (Å²) in [6, 6.07) is 0.538. The third-order valence-electron chi connectivity index (χ3n) is 2.41. The average molecular weight is 299 g/mol. The van der Waals surface area contributed by atoms with E-state index >= 15 is 0 Å². The molecule has 0 aliphatic carbocycles. The van der Waals surface area contributed by atoms with Gasteiger partial charge in [0.2, 0.25) is 5.91 Å². The van der Waals surface area contributed by atoms with E-state index in [0.717, 1.165) is 12.1 Å². The molecule has 0 bridgehead atoms. The fraction of sp³-hybridized carbons (Fsp3) is 0.182. The summed E-state index contributed by atoms with van der Waals surface area (Å²) in [6.45, 7) is 0. The molecule has 1 aromatic rings. The molecule has 21 heavy (non-hydrogen) atoms. The molecule has 0 aliphatic heterocycles. The molecule has 0 radical (unpaired) electrons. The van der Waals surface area contributed by atoms with Crippen LogP contribution in [0.2, 0.25) is 0 Å². The van der Waals surface area contributed by atoms with Crippen molar-refractivity contribution in [2.75, 3.05) is 0 Å². The number of nitro benzene ring substituents is 1. The highest BCUT2D eigenvalue weighted by molar-refractivity contribution is 6.00. The van der Waals surface area contributed by atoms with Crippen LogP contribution >= 0.6 is 0 Å². The van der Waals surface area contributed by atoms with Gasteiger partial charge in [-0.2, -0.15) is 0 Å². The fourth-order valence-corrected chi connectivity index (χ4v) is 1.49. The summed E-state index contributed by atoms with van der Waals surface area (Å²) in [7, 11) is 0. The van der Waals surface area contributed by atoms with Crippen LogP contribution in [-0.2, 0) is 9.59 Å². The Labute approximate surface area is 116 Å². The van der Waals surface area contributed by atoms with Crippen molar-refractivity contribution in [2.45, 2.75) is 12.5 Å². The van der Waals surface area contributed by atoms with Crippen molar-refractivity contribution in [1.29, 1.82) is 0 Å². The van der Waals surface area contributed by atoms with E-state index in [9.17, 15) is 28.9 Å². The molecule has 0 saturated heterocycles. The van der Waals surface area contributed by atoms with E-state index in [1.165, 1.54) is 0 Å². The molecule has 0 heterocycles. The normalized spacial score (nSPS) is 11.5. The molecule has 10 heteroatoms. The highest BCUT2D eigenvalue weighted by Gasteiger charge is 2.27. The van der Waals surface area contributed by atoms with E-state index in [1.54, 1.807) is 0 Å². The molecule has 0 aliphatic rings. The first-order valence-corrected chi connectivity index (χ1v) is 5.48. The van der Waals surface area contributed by atoms with E-state index in [-0.39, 0.29) is 0 Å². The Morgan fingerprint density at radius 1 is 1.43 bits per heavy atom. The van der Waals surface area contributed by atoms with Crippen LogP contribution in [0.25, 0.3) is 0 Å². The van der Waals surface area contributed by atoms with Gasteiger partial charge in [-0.1, -0.05) is 0 Å². The third-order valence-corrected chi connectivity index (χ3v) is 2.41. The van der Waals surface area contributed by atoms with Crippen LogP contribution in [0.1, 0.15) is 16.8 Å². The van der Waals surface area contributed by atoms with Crippen LogP contribution in [0.15, 0.2) is 18.2 Å². The van der Waals surface area contributed by atoms with E-state index in [2.05, 4.69) is 0 Å². The second-order valence-corrected chi connectivity index (χ2v) is 3.95. The molecule has 1 atom stereocenters. The number of nitrogens with zero attached hydrogens (tertiary/aromatic N) is 1. The Kier molecular flexibility index (Phi) is 4.89. The number of hydrogen-bond acceptors (Lipinski definition) is 5. The summed E-state index contributed by atoms with van der Waals surface area (Å²) in [5.41, 5.74) is 3.48. The number of carbonyl (C=O) groups is 3. The summed E-state index contributed by atoms with van der Waals surface area (Å²) < 4.78 is 12.9. The van der Waals surface area contributed by atoms with Gasteiger partial charge in [-0.15, -0.1) is 0 Å². The number of carboxylic acids is 1. The quantitative estimate of drug-likeness (QED) is 0.488. The first-order valence-electron chi connectivity index (χ1n) is 5.48. The second-order valence-electron chi connectivity index (χ2n) is 3.95. The van der Waals surface area contributed by atoms with Gasteiger partial charge in [0, 0.05) is 0 Å². The Bertz CT molecular complexity index is 618. The minimum Gasteiger partial charge on any atom is -0.480 e. The van der Waals surface area contributed by atoms with Crippen molar-refractivity contribution in [3.05, 3.63) is 39.7 Å². The molecular weight excluding hydrogens is 289 g/mol. The van der Waals surface area contributed by atoms with E-state index in [4.69, 9.17) is 10.8 Å². The van der Waals surface area contributed by atoms with Gasteiger partial charge in [0.25, 0.3) is 11.6 Å². The molecule has 0 aromatic heterocycles. The Hall–Kier alpha value is -3.04. The number of halogens is 1. The summed E-state index contributed by atoms with van der Waals surface area (Å²) in [5, 5.41) is 21.5. The topological polar surface area (TPSA) is 153 Å². The number of carboxylic acid groups (broad SMARTS) is 1. The predicted octanol–water partition coefficient (Wildman–Crippen LogP) is -0.208. The van der Waals surface area contributed by atoms with Gasteiger partial charge < -0.3 is 16.2 Å². The molecule has 112 valence electrons. The summed E-state index contributed by atoms with van der Waals surface area (Å²) >= 11 is 0. The number of nitrogens with one attached hydrogen (secondary N) is 1. The van der Waals surface area contributed by atoms with Gasteiger partial charge >= 0.3 is 5.97 Å². The number of carbonyl (C=O) groups excluding carboxylic acids is 2. The highest BCUT2D eigenvalue weighted by Crippen LogP contribution is 2.19. The van der Waals surface area contributed by atoms with Crippen LogP contribution < -0.4 is 11.1 Å². The SMILES string of the molecule is NC(=O)C[C@@H](NC(=O)c1ccc(F)cc1[N+](=O)[O-])C(=O)O. The molecule has 1 rings (SSSR count). The zero-order valence-corrected chi connectivity index (χ0v) is 10.4. The maximum absolute atomic E-state index is 12.9. The number of rotatable bonds is 6. The lowest BCUT2D eigenvalue weighted by Crippen LogP contribution is -2.43. The molecule has 0 saturated carbocycles. The molecule has 1 aromatic carbocycles. The fourth-order valence-electron chi connectivity index (χ4n) is 1.49. The van der Waals surface area contributed by atoms with E-state index < -0.39 is 52.2 Å². The number of hydrogen-bond donors (Lipinski definition) is 3. The number of primary amides is 1. The number of amides is 2. The lowest BCUT2D eigenvalue weighted by atomic mass is 10.1. The minimum absolute atomic E-state index is 0.527. The van der Waals surface area contributed by atoms with Gasteiger partial charge in [0.05, 0.1) is 17.4 Å². The molecule has 4 N–H and O–H groups in total. The van der Waals surface area contributed by atoms with Crippen LogP contribution in [0, 0.1) is 15.9 Å². The molecule has 2 amide bonds. The number of benzene rings is 1. The molecule has 0 fully saturated rings. The average Bonchev–Trinajstić information content (AvgIpc) is 2.36. The van der Waals surface area contributed by atoms with Crippen molar-refractivity contribution in [3.63, 3.8) is 0 Å². The number of nitrogens with two attached hydrogens (primary N) is 1. The van der Waals surface area contributed by atoms with Crippen LogP contribution in [0.5, 0.6) is 0 Å². The van der Waals surface area contributed by atoms with Gasteiger partial charge in [-0.25, -0.2) is 9.18 Å². The monoisotopic (exact) mass is 299 g/mol. The number of nitro groups is 1. The molecule has 9 nitrogen and oxygen atoms in total. The van der Waals surface area contributed by atoms with Crippen molar-refractivity contribution < 1.29 is 28.8 Å². The lowest BCUT2D eigenvalue weighted by Gasteiger charge is -2.12. The minimum atomic E-state index is -1.64. The summed E-state index contributed by atoms with van der Waals surface area (Å²) in [5.74, 6) is -4.57. The maximum atomic E-state index is 12.9. The van der Waals surface area contributed by atoms with Gasteiger partial charge in [0.15, 0.2) is 0 Å². The lowest BCUT2D eigenvalue weighted by molar-refractivity contribution is -0.385. The summed E-state index contributed by atoms with van der Waals surface area (Å²) in [6.07, 6.45) is -0.684. The molecular formula is C11H10FN3O6. The second kappa shape index (κ2) is 6.41. The van der Waals surface area contributed by atoms with Crippen LogP contribution in [-0.4, -0.2) is 33.9 Å². The van der Waals surface area contributed by atoms with Crippen LogP contribution in [0.4, 0.5) is 10.1 Å². The third kappa shape index (κ3) is 4.23. The zero-order valence-electron chi connectivity index (χ0n) is 10.4. The first kappa shape index (κ1) is 16.0. The standard InChI is InChI=1S/C11H10FN3O6/c12-5-1-2-6(8(3-5)15(20)21)10(17)14-7(11(18)19)4-9(13)16/h1-3,7H,4H2,(H2,13,16)(H,14,17)(H,18,19)/t7-/m1/s1.